The van der Waals surface area contributed by atoms with Gasteiger partial charge in [0.15, 0.2) is 12.6 Å². The molecule has 1 saturated carbocycles. The van der Waals surface area contributed by atoms with Gasteiger partial charge in [0.2, 0.25) is 0 Å². The smallest absolute Gasteiger partial charge is 0.417 e. The molecule has 2 heterocycles. The Labute approximate surface area is 200 Å². The van der Waals surface area contributed by atoms with Gasteiger partial charge in [-0.2, -0.15) is 18.3 Å². The van der Waals surface area contributed by atoms with E-state index in [0.717, 1.165) is 49.2 Å². The molecular weight excluding hydrogens is 463 g/mol. The Morgan fingerprint density at radius 3 is 2.63 bits per heavy atom. The standard InChI is InChI=1S/C25H26F3N3O4/c26-25(27,28)20-9-10-22(29-13-20)31-14-19(24(30-31)18-6-2-1-3-7-18)15-34-16-35-21-8-4-5-17(11-21)12-23(32)33/h4-5,8-11,13-14,18H,1-3,6-7,12,15-16H2,(H,32,33). The highest BCUT2D eigenvalue weighted by molar-refractivity contribution is 5.70. The molecule has 10 heteroatoms. The van der Waals surface area contributed by atoms with Crippen LogP contribution >= 0.6 is 0 Å². The molecule has 1 aliphatic rings. The number of alkyl halides is 3. The van der Waals surface area contributed by atoms with E-state index in [1.165, 1.54) is 17.2 Å². The van der Waals surface area contributed by atoms with Crippen molar-refractivity contribution in [1.29, 1.82) is 0 Å². The van der Waals surface area contributed by atoms with Gasteiger partial charge in [-0.1, -0.05) is 31.4 Å². The van der Waals surface area contributed by atoms with E-state index in [0.29, 0.717) is 17.1 Å². The van der Waals surface area contributed by atoms with Crippen LogP contribution in [-0.4, -0.2) is 32.6 Å². The summed E-state index contributed by atoms with van der Waals surface area (Å²) in [6.45, 7) is 0.158. The third kappa shape index (κ3) is 6.60. The third-order valence-electron chi connectivity index (χ3n) is 5.94. The monoisotopic (exact) mass is 489 g/mol. The zero-order valence-corrected chi connectivity index (χ0v) is 19.0. The quantitative estimate of drug-likeness (QED) is 0.315. The van der Waals surface area contributed by atoms with E-state index in [9.17, 15) is 18.0 Å². The highest BCUT2D eigenvalue weighted by atomic mass is 19.4. The molecule has 7 nitrogen and oxygen atoms in total. The summed E-state index contributed by atoms with van der Waals surface area (Å²) in [4.78, 5) is 14.8. The maximum Gasteiger partial charge on any atom is 0.417 e. The van der Waals surface area contributed by atoms with Crippen molar-refractivity contribution in [3.8, 4) is 11.6 Å². The van der Waals surface area contributed by atoms with Crippen LogP contribution in [0, 0.1) is 0 Å². The van der Waals surface area contributed by atoms with Gasteiger partial charge in [-0.3, -0.25) is 4.79 Å². The SMILES string of the molecule is O=C(O)Cc1cccc(OCOCc2cn(-c3ccc(C(F)(F)F)cn3)nc2C2CCCCC2)c1. The number of aliphatic carboxylic acids is 1. The van der Waals surface area contributed by atoms with Gasteiger partial charge in [-0.15, -0.1) is 0 Å². The largest absolute Gasteiger partial charge is 0.481 e. The van der Waals surface area contributed by atoms with Crippen LogP contribution < -0.4 is 4.74 Å². The molecule has 0 amide bonds. The fourth-order valence-electron chi connectivity index (χ4n) is 4.24. The van der Waals surface area contributed by atoms with Gasteiger partial charge in [-0.25, -0.2) is 9.67 Å². The number of rotatable bonds is 9. The van der Waals surface area contributed by atoms with Crippen LogP contribution in [0.5, 0.6) is 5.75 Å². The first-order valence-corrected chi connectivity index (χ1v) is 11.4. The number of ether oxygens (including phenoxy) is 2. The van der Waals surface area contributed by atoms with Gasteiger partial charge < -0.3 is 14.6 Å². The number of carbonyl (C=O) groups is 1. The molecule has 2 aromatic heterocycles. The summed E-state index contributed by atoms with van der Waals surface area (Å²) in [7, 11) is 0. The molecule has 35 heavy (non-hydrogen) atoms. The molecule has 0 radical (unpaired) electrons. The maximum atomic E-state index is 12.9. The summed E-state index contributed by atoms with van der Waals surface area (Å²) in [5, 5.41) is 13.6. The van der Waals surface area contributed by atoms with Crippen LogP contribution in [-0.2, 0) is 28.7 Å². The zero-order chi connectivity index (χ0) is 24.8. The number of halogens is 3. The molecule has 0 unspecified atom stereocenters. The molecule has 1 N–H and O–H groups in total. The molecule has 0 spiro atoms. The van der Waals surface area contributed by atoms with E-state index in [2.05, 4.69) is 10.1 Å². The minimum atomic E-state index is -4.45. The van der Waals surface area contributed by atoms with E-state index in [1.807, 2.05) is 0 Å². The molecule has 186 valence electrons. The predicted molar refractivity (Wildman–Crippen MR) is 120 cm³/mol. The number of benzene rings is 1. The molecule has 0 saturated heterocycles. The predicted octanol–water partition coefficient (Wildman–Crippen LogP) is 5.51. The molecule has 0 bridgehead atoms. The average Bonchev–Trinajstić information content (AvgIpc) is 3.26. The summed E-state index contributed by atoms with van der Waals surface area (Å²) in [6.07, 6.45) is 3.38. The number of hydrogen-bond donors (Lipinski definition) is 1. The van der Waals surface area contributed by atoms with Gasteiger partial charge in [0.05, 0.1) is 24.3 Å². The Bertz CT molecular complexity index is 1140. The minimum absolute atomic E-state index is 0.0512. The molecule has 0 atom stereocenters. The summed E-state index contributed by atoms with van der Waals surface area (Å²) >= 11 is 0. The third-order valence-corrected chi connectivity index (χ3v) is 5.94. The molecule has 1 aromatic carbocycles. The van der Waals surface area contributed by atoms with Gasteiger partial charge in [0.1, 0.15) is 5.75 Å². The Morgan fingerprint density at radius 1 is 1.14 bits per heavy atom. The van der Waals surface area contributed by atoms with Crippen molar-refractivity contribution in [1.82, 2.24) is 14.8 Å². The lowest BCUT2D eigenvalue weighted by molar-refractivity contribution is -0.138. The number of pyridine rings is 1. The van der Waals surface area contributed by atoms with Crippen LogP contribution in [0.25, 0.3) is 5.82 Å². The van der Waals surface area contributed by atoms with E-state index in [4.69, 9.17) is 14.6 Å². The molecular formula is C25H26F3N3O4. The van der Waals surface area contributed by atoms with Crippen LogP contribution in [0.1, 0.15) is 60.4 Å². The van der Waals surface area contributed by atoms with Crippen LogP contribution in [0.4, 0.5) is 13.2 Å². The van der Waals surface area contributed by atoms with Crippen LogP contribution in [0.15, 0.2) is 48.8 Å². The number of carboxylic acid groups (broad SMARTS) is 1. The van der Waals surface area contributed by atoms with E-state index < -0.39 is 17.7 Å². The van der Waals surface area contributed by atoms with Crippen LogP contribution in [0.3, 0.4) is 0 Å². The summed E-state index contributed by atoms with van der Waals surface area (Å²) in [6, 6.07) is 9.10. The number of nitrogens with zero attached hydrogens (tertiary/aromatic N) is 3. The second-order valence-corrected chi connectivity index (χ2v) is 8.55. The molecule has 1 fully saturated rings. The first-order valence-electron chi connectivity index (χ1n) is 11.4. The highest BCUT2D eigenvalue weighted by Crippen LogP contribution is 2.34. The van der Waals surface area contributed by atoms with Crippen molar-refractivity contribution in [3.63, 3.8) is 0 Å². The first-order chi connectivity index (χ1) is 16.8. The molecule has 4 rings (SSSR count). The number of aromatic nitrogens is 3. The Hall–Kier alpha value is -3.40. The zero-order valence-electron chi connectivity index (χ0n) is 19.0. The summed E-state index contributed by atoms with van der Waals surface area (Å²) < 4.78 is 51.5. The molecule has 0 aliphatic heterocycles. The lowest BCUT2D eigenvalue weighted by Gasteiger charge is -2.21. The highest BCUT2D eigenvalue weighted by Gasteiger charge is 2.31. The second kappa shape index (κ2) is 10.9. The van der Waals surface area contributed by atoms with E-state index in [-0.39, 0.29) is 25.7 Å². The number of hydrogen-bond acceptors (Lipinski definition) is 5. The lowest BCUT2D eigenvalue weighted by Crippen LogP contribution is -2.10. The van der Waals surface area contributed by atoms with E-state index >= 15 is 0 Å². The van der Waals surface area contributed by atoms with Crippen molar-refractivity contribution >= 4 is 5.97 Å². The molecule has 1 aliphatic carbocycles. The average molecular weight is 489 g/mol. The van der Waals surface area contributed by atoms with Gasteiger partial charge in [0, 0.05) is 23.9 Å². The summed E-state index contributed by atoms with van der Waals surface area (Å²) in [5.41, 5.74) is 1.52. The van der Waals surface area contributed by atoms with Gasteiger partial charge in [0.25, 0.3) is 0 Å². The van der Waals surface area contributed by atoms with Gasteiger partial charge in [-0.05, 0) is 42.7 Å². The van der Waals surface area contributed by atoms with Crippen LogP contribution in [0.2, 0.25) is 0 Å². The Morgan fingerprint density at radius 2 is 1.94 bits per heavy atom. The second-order valence-electron chi connectivity index (χ2n) is 8.55. The van der Waals surface area contributed by atoms with E-state index in [1.54, 1.807) is 30.5 Å². The Kier molecular flexibility index (Phi) is 7.70. The summed E-state index contributed by atoms with van der Waals surface area (Å²) in [5.74, 6) is 0.133. The van der Waals surface area contributed by atoms with Crippen molar-refractivity contribution < 1.29 is 32.5 Å². The van der Waals surface area contributed by atoms with Crippen molar-refractivity contribution in [3.05, 3.63) is 71.2 Å². The lowest BCUT2D eigenvalue weighted by atomic mass is 9.86. The normalized spacial score (nSPS) is 14.7. The topological polar surface area (TPSA) is 86.5 Å². The van der Waals surface area contributed by atoms with Crippen molar-refractivity contribution in [2.24, 2.45) is 0 Å². The number of carboxylic acids is 1. The minimum Gasteiger partial charge on any atom is -0.481 e. The first kappa shape index (κ1) is 24.7. The Balaban J connectivity index is 1.45. The molecule has 3 aromatic rings. The fourth-order valence-corrected chi connectivity index (χ4v) is 4.24. The van der Waals surface area contributed by atoms with Gasteiger partial charge >= 0.3 is 12.1 Å². The maximum absolute atomic E-state index is 12.9. The van der Waals surface area contributed by atoms with Crippen molar-refractivity contribution in [2.45, 2.75) is 57.2 Å². The van der Waals surface area contributed by atoms with Crippen molar-refractivity contribution in [2.75, 3.05) is 6.79 Å². The fraction of sp³-hybridized carbons (Fsp3) is 0.400.